The molecule has 250 valence electrons. The third kappa shape index (κ3) is 23.2. The van der Waals surface area contributed by atoms with Gasteiger partial charge in [0.1, 0.15) is 10.1 Å². The van der Waals surface area contributed by atoms with Gasteiger partial charge in [0.15, 0.2) is 0 Å². The van der Waals surface area contributed by atoms with Gasteiger partial charge >= 0.3 is 63.3 Å². The second-order valence-electron chi connectivity index (χ2n) is 11.5. The summed E-state index contributed by atoms with van der Waals surface area (Å²) in [7, 11) is -4.81. The maximum Gasteiger partial charge on any atom is 1.00 e. The van der Waals surface area contributed by atoms with E-state index in [1.165, 1.54) is 64.2 Å². The number of carbonyl (C=O) groups excluding carboxylic acids is 2. The molecule has 1 aromatic carbocycles. The molecule has 0 N–H and O–H groups in total. The number of hydrogen-bond donors (Lipinski definition) is 0. The van der Waals surface area contributed by atoms with Crippen LogP contribution in [0.15, 0.2) is 47.4 Å². The van der Waals surface area contributed by atoms with Crippen molar-refractivity contribution >= 4 is 22.1 Å². The number of benzene rings is 1. The predicted octanol–water partition coefficient (Wildman–Crippen LogP) is 6.86. The van der Waals surface area contributed by atoms with Gasteiger partial charge < -0.3 is 14.0 Å². The number of esters is 2. The Morgan fingerprint density at radius 1 is 0.600 bits per heavy atom. The van der Waals surface area contributed by atoms with Gasteiger partial charge in [-0.15, -0.1) is 0 Å². The molecule has 0 fully saturated rings. The van der Waals surface area contributed by atoms with Crippen LogP contribution < -0.4 is 51.4 Å². The molecule has 0 saturated carbocycles. The summed E-state index contributed by atoms with van der Waals surface area (Å²) < 4.78 is 45.4. The molecule has 0 bridgehead atoms. The van der Waals surface area contributed by atoms with Gasteiger partial charge in [0.05, 0.1) is 29.2 Å². The maximum absolute atomic E-state index is 12.8. The maximum atomic E-state index is 12.8. The van der Waals surface area contributed by atoms with Gasteiger partial charge in [-0.2, -0.15) is 0 Å². The van der Waals surface area contributed by atoms with Crippen molar-refractivity contribution < 1.29 is 83.4 Å². The summed E-state index contributed by atoms with van der Waals surface area (Å²) in [6, 6.07) is 3.10. The Morgan fingerprint density at radius 3 is 1.33 bits per heavy atom. The van der Waals surface area contributed by atoms with Gasteiger partial charge in [0, 0.05) is 0 Å². The molecule has 0 atom stereocenters. The average molecular weight is 673 g/mol. The molecule has 0 amide bonds. The van der Waals surface area contributed by atoms with Gasteiger partial charge in [0.25, 0.3) is 0 Å². The largest absolute Gasteiger partial charge is 1.00 e. The first-order valence-corrected chi connectivity index (χ1v) is 18.4. The van der Waals surface area contributed by atoms with E-state index < -0.39 is 27.0 Å². The van der Waals surface area contributed by atoms with Crippen molar-refractivity contribution in [3.8, 4) is 0 Å². The first-order valence-electron chi connectivity index (χ1n) is 17.0. The predicted molar refractivity (Wildman–Crippen MR) is 177 cm³/mol. The SMILES string of the molecule is C/C=C/CCCCCCCCCCCOC(=O)c1ccc(S(=O)(=O)[O-])cc1C(=O)OCCCCCCCCCCC/C=C/C.[K+]. The second kappa shape index (κ2) is 29.3. The van der Waals surface area contributed by atoms with E-state index in [9.17, 15) is 22.6 Å². The molecule has 0 saturated heterocycles. The number of hydrogen-bond acceptors (Lipinski definition) is 7. The fourth-order valence-corrected chi connectivity index (χ4v) is 5.54. The van der Waals surface area contributed by atoms with Gasteiger partial charge in [-0.3, -0.25) is 0 Å². The topological polar surface area (TPSA) is 110 Å². The first-order chi connectivity index (χ1) is 21.3. The van der Waals surface area contributed by atoms with Crippen molar-refractivity contribution in [3.63, 3.8) is 0 Å². The van der Waals surface area contributed by atoms with E-state index >= 15 is 0 Å². The molecule has 9 heteroatoms. The second-order valence-corrected chi connectivity index (χ2v) is 12.9. The van der Waals surface area contributed by atoms with Crippen molar-refractivity contribution in [2.45, 2.75) is 147 Å². The van der Waals surface area contributed by atoms with Gasteiger partial charge in [-0.25, -0.2) is 18.0 Å². The quantitative estimate of drug-likeness (QED) is 0.0330. The van der Waals surface area contributed by atoms with Crippen LogP contribution in [0, 0.1) is 0 Å². The van der Waals surface area contributed by atoms with Crippen LogP contribution in [0.25, 0.3) is 0 Å². The van der Waals surface area contributed by atoms with Crippen molar-refractivity contribution in [3.05, 3.63) is 53.6 Å². The molecule has 1 aromatic rings. The van der Waals surface area contributed by atoms with Gasteiger partial charge in [0.2, 0.25) is 0 Å². The molecule has 0 heterocycles. The summed E-state index contributed by atoms with van der Waals surface area (Å²) >= 11 is 0. The van der Waals surface area contributed by atoms with Crippen molar-refractivity contribution in [1.82, 2.24) is 0 Å². The molecule has 0 aliphatic heterocycles. The molecule has 0 aliphatic carbocycles. The minimum absolute atomic E-state index is 0. The smallest absolute Gasteiger partial charge is 0.744 e. The number of unbranched alkanes of at least 4 members (excludes halogenated alkanes) is 18. The average Bonchev–Trinajstić information content (AvgIpc) is 3.00. The number of carbonyl (C=O) groups is 2. The van der Waals surface area contributed by atoms with Crippen LogP contribution in [0.1, 0.15) is 163 Å². The van der Waals surface area contributed by atoms with Crippen molar-refractivity contribution in [2.75, 3.05) is 13.2 Å². The van der Waals surface area contributed by atoms with Crippen LogP contribution in [0.3, 0.4) is 0 Å². The van der Waals surface area contributed by atoms with Gasteiger partial charge in [-0.1, -0.05) is 114 Å². The summed E-state index contributed by atoms with van der Waals surface area (Å²) in [5, 5.41) is 0. The number of ether oxygens (including phenoxy) is 2. The fraction of sp³-hybridized carbons (Fsp3) is 0.667. The number of allylic oxidation sites excluding steroid dienone is 4. The summed E-state index contributed by atoms with van der Waals surface area (Å²) in [6.45, 7) is 4.46. The monoisotopic (exact) mass is 672 g/mol. The van der Waals surface area contributed by atoms with E-state index in [-0.39, 0.29) is 75.7 Å². The van der Waals surface area contributed by atoms with Crippen molar-refractivity contribution in [2.24, 2.45) is 0 Å². The van der Waals surface area contributed by atoms with Crippen LogP contribution in [-0.4, -0.2) is 38.1 Å². The number of rotatable bonds is 27. The normalized spacial score (nSPS) is 11.6. The summed E-state index contributed by atoms with van der Waals surface area (Å²) in [5.74, 6) is -1.56. The van der Waals surface area contributed by atoms with Gasteiger partial charge in [-0.05, 0) is 70.6 Å². The molecule has 7 nitrogen and oxygen atoms in total. The molecule has 0 unspecified atom stereocenters. The standard InChI is InChI=1S/C36H58O7S.K/c1-3-5-7-9-11-13-15-17-19-21-23-25-29-42-35(37)33-28-27-32(44(39,40)41)31-34(33)36(38)43-30-26-24-22-20-18-16-14-12-10-8-6-4-2;/h3-6,27-28,31H,7-26,29-30H2,1-2H3,(H,39,40,41);/q;+1/p-1/b5-3+,6-4+;. The Morgan fingerprint density at radius 2 is 0.956 bits per heavy atom. The Hall–Kier alpha value is -0.814. The third-order valence-corrected chi connectivity index (χ3v) is 8.52. The Bertz CT molecular complexity index is 1080. The molecule has 0 radical (unpaired) electrons. The summed E-state index contributed by atoms with van der Waals surface area (Å²) in [5.41, 5.74) is -0.352. The van der Waals surface area contributed by atoms with E-state index in [2.05, 4.69) is 31.2 Å². The Labute approximate surface area is 316 Å². The zero-order chi connectivity index (χ0) is 32.3. The van der Waals surface area contributed by atoms with Crippen LogP contribution in [0.5, 0.6) is 0 Å². The summed E-state index contributed by atoms with van der Waals surface area (Å²) in [4.78, 5) is 25.0. The zero-order valence-corrected chi connectivity index (χ0v) is 32.3. The Balaban J connectivity index is 0.0000194. The van der Waals surface area contributed by atoms with E-state index in [1.54, 1.807) is 0 Å². The summed E-state index contributed by atoms with van der Waals surface area (Å²) in [6.07, 6.45) is 31.0. The van der Waals surface area contributed by atoms with Crippen LogP contribution >= 0.6 is 0 Å². The molecule has 0 aromatic heterocycles. The molecule has 0 spiro atoms. The minimum atomic E-state index is -4.81. The third-order valence-electron chi connectivity index (χ3n) is 7.69. The molecule has 0 aliphatic rings. The first kappa shape index (κ1) is 44.2. The molecular formula is C36H57KO7S. The van der Waals surface area contributed by atoms with E-state index in [4.69, 9.17) is 9.47 Å². The fourth-order valence-electron chi connectivity index (χ4n) is 5.05. The molecule has 45 heavy (non-hydrogen) atoms. The van der Waals surface area contributed by atoms with Crippen LogP contribution in [-0.2, 0) is 19.6 Å². The van der Waals surface area contributed by atoms with E-state index in [0.29, 0.717) is 12.8 Å². The zero-order valence-electron chi connectivity index (χ0n) is 28.4. The van der Waals surface area contributed by atoms with E-state index in [0.717, 1.165) is 69.6 Å². The Kier molecular flexibility index (Phi) is 28.8. The minimum Gasteiger partial charge on any atom is -0.744 e. The van der Waals surface area contributed by atoms with Crippen LogP contribution in [0.4, 0.5) is 0 Å². The molecule has 1 rings (SSSR count). The van der Waals surface area contributed by atoms with E-state index in [1.807, 2.05) is 6.92 Å². The molecular weight excluding hydrogens is 616 g/mol. The van der Waals surface area contributed by atoms with Crippen LogP contribution in [0.2, 0.25) is 0 Å². The van der Waals surface area contributed by atoms with Crippen molar-refractivity contribution in [1.29, 1.82) is 0 Å².